The topological polar surface area (TPSA) is 24.9 Å². The number of nitrogens with zero attached hydrogens (tertiary/aromatic N) is 2. The summed E-state index contributed by atoms with van der Waals surface area (Å²) in [7, 11) is 0. The van der Waals surface area contributed by atoms with E-state index < -0.39 is 0 Å². The number of fused-ring (bicyclic) bond motifs is 10. The van der Waals surface area contributed by atoms with Gasteiger partial charge in [-0.3, -0.25) is 0 Å². The zero-order chi connectivity index (χ0) is 39.3. The quantitative estimate of drug-likeness (QED) is 0.154. The Morgan fingerprint density at radius 2 is 0.638 bits per heavy atom. The Hall–Kier alpha value is -5.94. The predicted molar refractivity (Wildman–Crippen MR) is 237 cm³/mol. The highest BCUT2D eigenvalue weighted by atomic mass is 16.5. The normalized spacial score (nSPS) is 24.8. The van der Waals surface area contributed by atoms with Crippen LogP contribution < -0.4 is 9.80 Å². The molecule has 0 radical (unpaired) electrons. The third kappa shape index (κ3) is 5.50. The minimum absolute atomic E-state index is 0.178. The maximum atomic E-state index is 6.62. The number of anilines is 6. The first-order valence-corrected chi connectivity index (χ1v) is 20.8. The van der Waals surface area contributed by atoms with Crippen LogP contribution in [0.1, 0.15) is 75.6 Å². The first kappa shape index (κ1) is 35.2. The standard InChI is InChI=1S/C54H48N2O2/c1-51-28-30-53(3,57-51)49-34-39(24-26-47(49)51)37-14-11-20-43(32-37)55(41-16-7-5-8-17-41)45-22-13-23-46(36-45)56(42-18-9-6-10-19-42)44-21-12-15-38(33-44)40-25-27-48-50(35-40)54(4)31-29-52(48,2)58-54/h5-27,32-36H,28-31H2,1-4H3. The van der Waals surface area contributed by atoms with Gasteiger partial charge in [-0.2, -0.15) is 0 Å². The van der Waals surface area contributed by atoms with Gasteiger partial charge in [-0.05, 0) is 177 Å². The summed E-state index contributed by atoms with van der Waals surface area (Å²) < 4.78 is 13.2. The summed E-state index contributed by atoms with van der Waals surface area (Å²) in [4.78, 5) is 4.74. The van der Waals surface area contributed by atoms with E-state index in [0.717, 1.165) is 59.8 Å². The van der Waals surface area contributed by atoms with Crippen molar-refractivity contribution in [2.24, 2.45) is 0 Å². The van der Waals surface area contributed by atoms with Gasteiger partial charge in [0, 0.05) is 34.1 Å². The monoisotopic (exact) mass is 756 g/mol. The molecule has 4 bridgehead atoms. The Morgan fingerprint density at radius 1 is 0.310 bits per heavy atom. The number of para-hydroxylation sites is 2. The number of rotatable bonds is 8. The van der Waals surface area contributed by atoms with Crippen LogP contribution in [0.3, 0.4) is 0 Å². The fourth-order valence-corrected chi connectivity index (χ4v) is 10.6. The van der Waals surface area contributed by atoms with Gasteiger partial charge in [-0.1, -0.05) is 91.0 Å². The first-order valence-electron chi connectivity index (χ1n) is 20.8. The molecule has 4 atom stereocenters. The molecule has 7 aromatic rings. The average Bonchev–Trinajstić information content (AvgIpc) is 3.91. The van der Waals surface area contributed by atoms with Gasteiger partial charge in [-0.25, -0.2) is 0 Å². The van der Waals surface area contributed by atoms with E-state index in [9.17, 15) is 0 Å². The highest BCUT2D eigenvalue weighted by Crippen LogP contribution is 2.60. The first-order chi connectivity index (χ1) is 28.1. The van der Waals surface area contributed by atoms with Crippen LogP contribution >= 0.6 is 0 Å². The molecule has 2 saturated heterocycles. The molecule has 0 aromatic heterocycles. The average molecular weight is 757 g/mol. The third-order valence-electron chi connectivity index (χ3n) is 13.6. The van der Waals surface area contributed by atoms with Crippen molar-refractivity contribution in [3.63, 3.8) is 0 Å². The van der Waals surface area contributed by atoms with Gasteiger partial charge in [0.2, 0.25) is 0 Å². The van der Waals surface area contributed by atoms with Crippen molar-refractivity contribution in [2.75, 3.05) is 9.80 Å². The van der Waals surface area contributed by atoms with Crippen LogP contribution in [-0.2, 0) is 31.9 Å². The Balaban J connectivity index is 0.993. The fourth-order valence-electron chi connectivity index (χ4n) is 10.6. The molecule has 4 aliphatic heterocycles. The highest BCUT2D eigenvalue weighted by Gasteiger charge is 2.55. The van der Waals surface area contributed by atoms with Crippen molar-refractivity contribution >= 4 is 34.1 Å². The molecule has 0 saturated carbocycles. The molecule has 0 amide bonds. The van der Waals surface area contributed by atoms with Crippen LogP contribution in [0.4, 0.5) is 34.1 Å². The molecule has 4 aliphatic rings. The van der Waals surface area contributed by atoms with Gasteiger partial charge in [0.25, 0.3) is 0 Å². The van der Waals surface area contributed by atoms with Gasteiger partial charge in [0.15, 0.2) is 0 Å². The molecule has 2 fully saturated rings. The Bertz CT molecular complexity index is 2540. The second-order valence-electron chi connectivity index (χ2n) is 17.6. The van der Waals surface area contributed by atoms with Crippen molar-refractivity contribution in [1.82, 2.24) is 0 Å². The summed E-state index contributed by atoms with van der Waals surface area (Å²) in [6.45, 7) is 9.02. The van der Waals surface area contributed by atoms with Crippen molar-refractivity contribution in [2.45, 2.75) is 75.8 Å². The van der Waals surface area contributed by atoms with Gasteiger partial charge in [-0.15, -0.1) is 0 Å². The molecule has 11 rings (SSSR count). The second-order valence-corrected chi connectivity index (χ2v) is 17.6. The van der Waals surface area contributed by atoms with Gasteiger partial charge < -0.3 is 19.3 Å². The molecule has 286 valence electrons. The van der Waals surface area contributed by atoms with Crippen LogP contribution in [0.5, 0.6) is 0 Å². The number of ether oxygens (including phenoxy) is 2. The fraction of sp³-hybridized carbons (Fsp3) is 0.222. The molecule has 58 heavy (non-hydrogen) atoms. The number of hydrogen-bond donors (Lipinski definition) is 0. The van der Waals surface area contributed by atoms with E-state index in [0.29, 0.717) is 0 Å². The van der Waals surface area contributed by atoms with Crippen molar-refractivity contribution in [3.8, 4) is 22.3 Å². The van der Waals surface area contributed by atoms with E-state index in [1.807, 2.05) is 0 Å². The predicted octanol–water partition coefficient (Wildman–Crippen LogP) is 14.5. The van der Waals surface area contributed by atoms with E-state index in [1.54, 1.807) is 0 Å². The lowest BCUT2D eigenvalue weighted by molar-refractivity contribution is -0.0665. The molecule has 0 spiro atoms. The van der Waals surface area contributed by atoms with E-state index in [1.165, 1.54) is 44.5 Å². The van der Waals surface area contributed by atoms with Crippen LogP contribution in [0.25, 0.3) is 22.3 Å². The second kappa shape index (κ2) is 12.8. The lowest BCUT2D eigenvalue weighted by atomic mass is 9.77. The molecule has 4 heterocycles. The van der Waals surface area contributed by atoms with Crippen LogP contribution in [0.15, 0.2) is 170 Å². The minimum Gasteiger partial charge on any atom is -0.360 e. The van der Waals surface area contributed by atoms with Crippen LogP contribution in [0, 0.1) is 0 Å². The Morgan fingerprint density at radius 3 is 1.05 bits per heavy atom. The lowest BCUT2D eigenvalue weighted by Gasteiger charge is -2.30. The van der Waals surface area contributed by atoms with Gasteiger partial charge in [0.05, 0.1) is 22.4 Å². The number of benzene rings is 7. The molecule has 7 aromatic carbocycles. The van der Waals surface area contributed by atoms with Crippen LogP contribution in [0.2, 0.25) is 0 Å². The smallest absolute Gasteiger partial charge is 0.0920 e. The Labute approximate surface area is 342 Å². The van der Waals surface area contributed by atoms with E-state index in [2.05, 4.69) is 207 Å². The molecular weight excluding hydrogens is 709 g/mol. The summed E-state index contributed by atoms with van der Waals surface area (Å²) in [5.41, 5.74) is 15.9. The minimum atomic E-state index is -0.217. The molecule has 0 N–H and O–H groups in total. The summed E-state index contributed by atoms with van der Waals surface area (Å²) in [6, 6.07) is 62.1. The highest BCUT2D eigenvalue weighted by molar-refractivity contribution is 5.85. The summed E-state index contributed by atoms with van der Waals surface area (Å²) >= 11 is 0. The third-order valence-corrected chi connectivity index (χ3v) is 13.6. The van der Waals surface area contributed by atoms with Gasteiger partial charge >= 0.3 is 0 Å². The molecule has 4 nitrogen and oxygen atoms in total. The lowest BCUT2D eigenvalue weighted by Crippen LogP contribution is -2.17. The SMILES string of the molecule is CC12CCC(C)(O1)c1cc(-c3cccc(N(c4ccccc4)c4cccc(N(c5ccccc5)c5cccc(-c6ccc7c(c6)C6(C)CCC7(C)O6)c5)c4)c3)ccc12. The summed E-state index contributed by atoms with van der Waals surface area (Å²) in [5, 5.41) is 0. The molecule has 0 aliphatic carbocycles. The molecular formula is C54H48N2O2. The zero-order valence-corrected chi connectivity index (χ0v) is 33.7. The van der Waals surface area contributed by atoms with E-state index in [4.69, 9.17) is 9.47 Å². The Kier molecular flexibility index (Phi) is 7.77. The zero-order valence-electron chi connectivity index (χ0n) is 33.7. The number of hydrogen-bond acceptors (Lipinski definition) is 4. The van der Waals surface area contributed by atoms with Crippen LogP contribution in [-0.4, -0.2) is 0 Å². The maximum absolute atomic E-state index is 6.62. The van der Waals surface area contributed by atoms with E-state index in [-0.39, 0.29) is 22.4 Å². The maximum Gasteiger partial charge on any atom is 0.0920 e. The van der Waals surface area contributed by atoms with Crippen molar-refractivity contribution in [3.05, 3.63) is 192 Å². The van der Waals surface area contributed by atoms with Crippen molar-refractivity contribution in [1.29, 1.82) is 0 Å². The van der Waals surface area contributed by atoms with Crippen molar-refractivity contribution < 1.29 is 9.47 Å². The largest absolute Gasteiger partial charge is 0.360 e. The summed E-state index contributed by atoms with van der Waals surface area (Å²) in [5.74, 6) is 0. The summed E-state index contributed by atoms with van der Waals surface area (Å²) in [6.07, 6.45) is 4.27. The van der Waals surface area contributed by atoms with Gasteiger partial charge in [0.1, 0.15) is 0 Å². The molecule has 4 unspecified atom stereocenters. The van der Waals surface area contributed by atoms with E-state index >= 15 is 0 Å². The molecule has 4 heteroatoms.